The minimum absolute atomic E-state index is 0.303. The molecule has 0 amide bonds. The summed E-state index contributed by atoms with van der Waals surface area (Å²) in [5.74, 6) is -1.34. The van der Waals surface area contributed by atoms with Crippen molar-refractivity contribution in [3.8, 4) is 11.5 Å². The second-order valence-electron chi connectivity index (χ2n) is 2.51. The van der Waals surface area contributed by atoms with Crippen LogP contribution < -0.4 is 4.74 Å². The largest absolute Gasteiger partial charge is 0.573 e. The van der Waals surface area contributed by atoms with Gasteiger partial charge in [-0.15, -0.1) is 13.2 Å². The van der Waals surface area contributed by atoms with Gasteiger partial charge in [-0.2, -0.15) is 0 Å². The van der Waals surface area contributed by atoms with Crippen LogP contribution in [0.25, 0.3) is 0 Å². The summed E-state index contributed by atoms with van der Waals surface area (Å²) in [6.07, 6.45) is -4.84. The summed E-state index contributed by atoms with van der Waals surface area (Å²) in [5.41, 5.74) is 0.303. The van der Waals surface area contributed by atoms with Gasteiger partial charge in [0.2, 0.25) is 0 Å². The summed E-state index contributed by atoms with van der Waals surface area (Å²) in [4.78, 5) is 0. The molecule has 1 rings (SSSR count). The van der Waals surface area contributed by atoms with E-state index in [9.17, 15) is 13.2 Å². The zero-order valence-corrected chi connectivity index (χ0v) is 6.88. The zero-order chi connectivity index (χ0) is 10.8. The van der Waals surface area contributed by atoms with E-state index in [4.69, 9.17) is 10.2 Å². The monoisotopic (exact) mass is 208 g/mol. The molecule has 0 spiro atoms. The molecule has 78 valence electrons. The average molecular weight is 208 g/mol. The van der Waals surface area contributed by atoms with E-state index >= 15 is 0 Å². The van der Waals surface area contributed by atoms with Crippen molar-refractivity contribution in [1.82, 2.24) is 0 Å². The number of ether oxygens (including phenoxy) is 1. The van der Waals surface area contributed by atoms with Crippen LogP contribution in [-0.4, -0.2) is 16.6 Å². The van der Waals surface area contributed by atoms with Gasteiger partial charge in [0.25, 0.3) is 0 Å². The number of benzene rings is 1. The minimum atomic E-state index is -4.84. The lowest BCUT2D eigenvalue weighted by Gasteiger charge is -2.10. The standard InChI is InChI=1S/C8H7F3O3/c9-8(10,11)14-7-2-1-5(4-12)3-6(7)13/h1-3,12-13H,4H2. The van der Waals surface area contributed by atoms with Gasteiger partial charge in [0.15, 0.2) is 11.5 Å². The number of halogens is 3. The second-order valence-corrected chi connectivity index (χ2v) is 2.51. The molecule has 14 heavy (non-hydrogen) atoms. The number of hydrogen-bond donors (Lipinski definition) is 2. The molecule has 0 heterocycles. The highest BCUT2D eigenvalue weighted by atomic mass is 19.4. The molecule has 0 aromatic heterocycles. The zero-order valence-electron chi connectivity index (χ0n) is 6.88. The number of rotatable bonds is 2. The van der Waals surface area contributed by atoms with Crippen molar-refractivity contribution < 1.29 is 28.1 Å². The van der Waals surface area contributed by atoms with Crippen molar-refractivity contribution in [3.63, 3.8) is 0 Å². The molecule has 0 bridgehead atoms. The van der Waals surface area contributed by atoms with E-state index < -0.39 is 17.9 Å². The van der Waals surface area contributed by atoms with Gasteiger partial charge >= 0.3 is 6.36 Å². The fraction of sp³-hybridized carbons (Fsp3) is 0.250. The van der Waals surface area contributed by atoms with Crippen LogP contribution in [0.4, 0.5) is 13.2 Å². The average Bonchev–Trinajstić information content (AvgIpc) is 2.06. The Labute approximate surface area is 77.4 Å². The normalized spacial score (nSPS) is 11.4. The van der Waals surface area contributed by atoms with E-state index in [1.807, 2.05) is 0 Å². The molecule has 1 aromatic rings. The molecule has 0 aliphatic rings. The molecule has 3 nitrogen and oxygen atoms in total. The fourth-order valence-corrected chi connectivity index (χ4v) is 0.872. The van der Waals surface area contributed by atoms with Crippen LogP contribution >= 0.6 is 0 Å². The van der Waals surface area contributed by atoms with Crippen molar-refractivity contribution in [2.24, 2.45) is 0 Å². The number of aliphatic hydroxyl groups is 1. The first-order valence-corrected chi connectivity index (χ1v) is 3.61. The topological polar surface area (TPSA) is 49.7 Å². The highest BCUT2D eigenvalue weighted by Gasteiger charge is 2.32. The SMILES string of the molecule is OCc1ccc(OC(F)(F)F)c(O)c1. The Morgan fingerprint density at radius 1 is 1.29 bits per heavy atom. The summed E-state index contributed by atoms with van der Waals surface area (Å²) < 4.78 is 38.7. The Hall–Kier alpha value is -1.43. The first-order valence-electron chi connectivity index (χ1n) is 3.61. The summed E-state index contributed by atoms with van der Waals surface area (Å²) in [6, 6.07) is 3.16. The molecule has 1 aromatic carbocycles. The third-order valence-electron chi connectivity index (χ3n) is 1.43. The molecule has 0 saturated heterocycles. The molecular formula is C8H7F3O3. The third kappa shape index (κ3) is 2.81. The molecule has 0 aliphatic heterocycles. The van der Waals surface area contributed by atoms with E-state index in [1.54, 1.807) is 0 Å². The van der Waals surface area contributed by atoms with Crippen LogP contribution in [0.1, 0.15) is 5.56 Å². The maximum absolute atomic E-state index is 11.7. The molecule has 6 heteroatoms. The van der Waals surface area contributed by atoms with Gasteiger partial charge in [0.05, 0.1) is 6.61 Å². The van der Waals surface area contributed by atoms with Crippen LogP contribution in [0, 0.1) is 0 Å². The molecule has 0 fully saturated rings. The lowest BCUT2D eigenvalue weighted by atomic mass is 10.2. The third-order valence-corrected chi connectivity index (χ3v) is 1.43. The molecule has 0 aliphatic carbocycles. The first kappa shape index (κ1) is 10.6. The number of hydrogen-bond acceptors (Lipinski definition) is 3. The Balaban J connectivity index is 2.89. The predicted octanol–water partition coefficient (Wildman–Crippen LogP) is 1.78. The number of phenols is 1. The van der Waals surface area contributed by atoms with Crippen LogP contribution in [0.2, 0.25) is 0 Å². The molecule has 2 N–H and O–H groups in total. The quantitative estimate of drug-likeness (QED) is 0.778. The Bertz CT molecular complexity index is 322. The van der Waals surface area contributed by atoms with Crippen LogP contribution in [0.15, 0.2) is 18.2 Å². The van der Waals surface area contributed by atoms with E-state index in [1.165, 1.54) is 6.07 Å². The molecule has 0 unspecified atom stereocenters. The van der Waals surface area contributed by atoms with Crippen LogP contribution in [0.3, 0.4) is 0 Å². The van der Waals surface area contributed by atoms with Crippen molar-refractivity contribution in [2.75, 3.05) is 0 Å². The lowest BCUT2D eigenvalue weighted by molar-refractivity contribution is -0.275. The minimum Gasteiger partial charge on any atom is -0.504 e. The highest BCUT2D eigenvalue weighted by molar-refractivity contribution is 5.41. The lowest BCUT2D eigenvalue weighted by Crippen LogP contribution is -2.17. The Kier molecular flexibility index (Phi) is 2.85. The maximum Gasteiger partial charge on any atom is 0.573 e. The smallest absolute Gasteiger partial charge is 0.504 e. The highest BCUT2D eigenvalue weighted by Crippen LogP contribution is 2.31. The number of aliphatic hydroxyl groups excluding tert-OH is 1. The number of phenolic OH excluding ortho intramolecular Hbond substituents is 1. The van der Waals surface area contributed by atoms with E-state index in [0.717, 1.165) is 12.1 Å². The van der Waals surface area contributed by atoms with Crippen LogP contribution in [0.5, 0.6) is 11.5 Å². The Morgan fingerprint density at radius 3 is 2.36 bits per heavy atom. The van der Waals surface area contributed by atoms with E-state index in [0.29, 0.717) is 5.56 Å². The second kappa shape index (κ2) is 3.75. The Morgan fingerprint density at radius 2 is 1.93 bits per heavy atom. The predicted molar refractivity (Wildman–Crippen MR) is 40.7 cm³/mol. The van der Waals surface area contributed by atoms with Crippen molar-refractivity contribution in [1.29, 1.82) is 0 Å². The molecule has 0 saturated carbocycles. The molecule has 0 atom stereocenters. The van der Waals surface area contributed by atoms with Crippen molar-refractivity contribution >= 4 is 0 Å². The number of aromatic hydroxyl groups is 1. The van der Waals surface area contributed by atoms with E-state index in [-0.39, 0.29) is 6.61 Å². The van der Waals surface area contributed by atoms with Gasteiger partial charge in [0, 0.05) is 0 Å². The van der Waals surface area contributed by atoms with Crippen LogP contribution in [-0.2, 0) is 6.61 Å². The summed E-state index contributed by atoms with van der Waals surface area (Å²) >= 11 is 0. The molecule has 0 radical (unpaired) electrons. The summed E-state index contributed by atoms with van der Waals surface area (Å²) in [7, 11) is 0. The summed E-state index contributed by atoms with van der Waals surface area (Å²) in [5, 5.41) is 17.7. The van der Waals surface area contributed by atoms with Gasteiger partial charge in [-0.05, 0) is 17.7 Å². The van der Waals surface area contributed by atoms with Crippen molar-refractivity contribution in [2.45, 2.75) is 13.0 Å². The number of alkyl halides is 3. The summed E-state index contributed by atoms with van der Waals surface area (Å²) in [6.45, 7) is -0.361. The molecular weight excluding hydrogens is 201 g/mol. The van der Waals surface area contributed by atoms with Gasteiger partial charge in [-0.3, -0.25) is 0 Å². The van der Waals surface area contributed by atoms with E-state index in [2.05, 4.69) is 4.74 Å². The van der Waals surface area contributed by atoms with Gasteiger partial charge < -0.3 is 14.9 Å². The maximum atomic E-state index is 11.7. The van der Waals surface area contributed by atoms with Gasteiger partial charge in [0.1, 0.15) is 0 Å². The van der Waals surface area contributed by atoms with Gasteiger partial charge in [-0.1, -0.05) is 6.07 Å². The van der Waals surface area contributed by atoms with Crippen molar-refractivity contribution in [3.05, 3.63) is 23.8 Å². The van der Waals surface area contributed by atoms with Gasteiger partial charge in [-0.25, -0.2) is 0 Å². The fourth-order valence-electron chi connectivity index (χ4n) is 0.872. The first-order chi connectivity index (χ1) is 6.42.